The fraction of sp³-hybridized carbons (Fsp3) is 0.830. The molecule has 0 spiro atoms. The molecular formula is C47H87N13O7. The number of carbonyl (C=O) groups is 5. The topological polar surface area (TPSA) is 208 Å². The van der Waals surface area contributed by atoms with Gasteiger partial charge in [-0.1, -0.05) is 27.2 Å². The molecule has 0 radical (unpaired) electrons. The van der Waals surface area contributed by atoms with Gasteiger partial charge in [0, 0.05) is 158 Å². The minimum atomic E-state index is -1.02. The summed E-state index contributed by atoms with van der Waals surface area (Å²) in [7, 11) is 12.1. The number of nitrogens with zero attached hydrogens (tertiary/aromatic N) is 9. The van der Waals surface area contributed by atoms with Crippen molar-refractivity contribution in [2.24, 2.45) is 20.4 Å². The van der Waals surface area contributed by atoms with Crippen LogP contribution in [0.4, 0.5) is 0 Å². The Morgan fingerprint density at radius 2 is 0.836 bits per heavy atom. The van der Waals surface area contributed by atoms with Crippen LogP contribution in [-0.2, 0) is 33.4 Å². The lowest BCUT2D eigenvalue weighted by Crippen LogP contribution is -2.55. The van der Waals surface area contributed by atoms with E-state index in [4.69, 9.17) is 9.47 Å². The van der Waals surface area contributed by atoms with Crippen LogP contribution < -0.4 is 21.3 Å². The number of hydrogen-bond donors (Lipinski definition) is 4. The van der Waals surface area contributed by atoms with Crippen molar-refractivity contribution in [2.75, 3.05) is 147 Å². The van der Waals surface area contributed by atoms with Crippen LogP contribution in [0.2, 0.25) is 0 Å². The van der Waals surface area contributed by atoms with E-state index in [0.29, 0.717) is 84.2 Å². The zero-order valence-corrected chi connectivity index (χ0v) is 42.7. The third-order valence-electron chi connectivity index (χ3n) is 12.2. The second kappa shape index (κ2) is 29.9. The normalized spacial score (nSPS) is 15.4. The minimum Gasteiger partial charge on any atom is -0.378 e. The van der Waals surface area contributed by atoms with Crippen molar-refractivity contribution >= 4 is 47.3 Å². The molecule has 382 valence electrons. The average Bonchev–Trinajstić information content (AvgIpc) is 3.90. The number of nitrogens with one attached hydrogen (secondary N) is 4. The highest BCUT2D eigenvalue weighted by Crippen LogP contribution is 2.21. The van der Waals surface area contributed by atoms with Crippen LogP contribution in [0, 0.1) is 5.41 Å². The molecule has 0 aliphatic carbocycles. The number of likely N-dealkylation sites (N-methyl/N-ethyl adjacent to an activating group) is 6. The van der Waals surface area contributed by atoms with Gasteiger partial charge in [0.05, 0.1) is 32.0 Å². The molecule has 3 rings (SSSR count). The second-order valence-corrected chi connectivity index (χ2v) is 19.4. The maximum absolute atomic E-state index is 13.6. The molecule has 3 aliphatic rings. The van der Waals surface area contributed by atoms with Crippen LogP contribution in [0.1, 0.15) is 97.8 Å². The number of carbonyl (C=O) groups excluding carboxylic acids is 5. The van der Waals surface area contributed by atoms with Gasteiger partial charge < -0.3 is 60.1 Å². The lowest BCUT2D eigenvalue weighted by Gasteiger charge is -2.35. The van der Waals surface area contributed by atoms with Crippen molar-refractivity contribution in [3.8, 4) is 0 Å². The SMILES string of the molecule is CN1CCN(C)C1=NCCCNC(=O)CCCCC(COCCC(=O)NCCCN=C1N(C)CCN1C)(COCCC(=O)NCCCN=C1N(C)CCN1C)NC(=O)CCCC(=O)C(C)(C)C. The van der Waals surface area contributed by atoms with Crippen LogP contribution in [0.5, 0.6) is 0 Å². The third kappa shape index (κ3) is 21.8. The van der Waals surface area contributed by atoms with Gasteiger partial charge in [0.2, 0.25) is 23.6 Å². The highest BCUT2D eigenvalue weighted by atomic mass is 16.5. The summed E-state index contributed by atoms with van der Waals surface area (Å²) in [5, 5.41) is 12.1. The van der Waals surface area contributed by atoms with E-state index in [1.165, 1.54) is 0 Å². The first-order chi connectivity index (χ1) is 31.9. The molecule has 0 aromatic carbocycles. The summed E-state index contributed by atoms with van der Waals surface area (Å²) in [5.74, 6) is 2.37. The van der Waals surface area contributed by atoms with Crippen LogP contribution in [-0.4, -0.2) is 229 Å². The van der Waals surface area contributed by atoms with Crippen LogP contribution in [0.15, 0.2) is 15.0 Å². The van der Waals surface area contributed by atoms with E-state index in [0.717, 1.165) is 63.6 Å². The van der Waals surface area contributed by atoms with Gasteiger partial charge in [0.15, 0.2) is 17.9 Å². The predicted molar refractivity (Wildman–Crippen MR) is 264 cm³/mol. The Bertz CT molecular complexity index is 1470. The summed E-state index contributed by atoms with van der Waals surface area (Å²) >= 11 is 0. The Hall–Kier alpha value is -4.72. The van der Waals surface area contributed by atoms with Crippen molar-refractivity contribution in [2.45, 2.75) is 103 Å². The Labute approximate surface area is 401 Å². The van der Waals surface area contributed by atoms with Crippen LogP contribution >= 0.6 is 0 Å². The monoisotopic (exact) mass is 946 g/mol. The van der Waals surface area contributed by atoms with Gasteiger partial charge in [-0.15, -0.1) is 0 Å². The smallest absolute Gasteiger partial charge is 0.222 e. The van der Waals surface area contributed by atoms with Gasteiger partial charge in [-0.3, -0.25) is 38.9 Å². The maximum Gasteiger partial charge on any atom is 0.222 e. The second-order valence-electron chi connectivity index (χ2n) is 19.4. The Morgan fingerprint density at radius 3 is 1.21 bits per heavy atom. The van der Waals surface area contributed by atoms with Crippen LogP contribution in [0.25, 0.3) is 0 Å². The zero-order chi connectivity index (χ0) is 49.2. The number of rotatable bonds is 32. The van der Waals surface area contributed by atoms with Gasteiger partial charge in [0.25, 0.3) is 0 Å². The molecule has 0 saturated carbocycles. The number of guanidine groups is 3. The number of amides is 4. The molecule has 0 aromatic heterocycles. The van der Waals surface area contributed by atoms with E-state index < -0.39 is 11.0 Å². The van der Waals surface area contributed by atoms with Gasteiger partial charge in [-0.2, -0.15) is 0 Å². The Morgan fingerprint density at radius 1 is 0.478 bits per heavy atom. The standard InChI is InChI=1S/C47H87N13O7/c1-46(2,3)38(61)16-12-18-42(65)54-47(21-11-10-17-39(62)48-22-13-25-51-43-55(4)28-29-56(43)5,36-66-34-19-40(63)49-23-14-26-52-44-57(6)30-31-58(44)7)37-67-35-20-41(64)50-24-15-27-53-45-59(8)32-33-60(45)9/h10-37H2,1-9H3,(H,48,62)(H,49,63)(H,50,64)(H,54,65). The van der Waals surface area contributed by atoms with Gasteiger partial charge >= 0.3 is 0 Å². The summed E-state index contributed by atoms with van der Waals surface area (Å²) in [5.41, 5.74) is -1.52. The number of aliphatic imine (C=N–C) groups is 3. The number of hydrogen-bond acceptors (Lipinski definition) is 10. The van der Waals surface area contributed by atoms with Crippen molar-refractivity contribution in [3.05, 3.63) is 0 Å². The maximum atomic E-state index is 13.6. The highest BCUT2D eigenvalue weighted by Gasteiger charge is 2.33. The fourth-order valence-corrected chi connectivity index (χ4v) is 7.90. The quantitative estimate of drug-likeness (QED) is 0.0701. The van der Waals surface area contributed by atoms with E-state index in [1.54, 1.807) is 0 Å². The first-order valence-corrected chi connectivity index (χ1v) is 24.6. The zero-order valence-electron chi connectivity index (χ0n) is 42.7. The van der Waals surface area contributed by atoms with Crippen LogP contribution in [0.3, 0.4) is 0 Å². The molecule has 4 N–H and O–H groups in total. The molecule has 3 heterocycles. The number of Topliss-reactive ketones (excluding diaryl/α,β-unsaturated/α-hetero) is 1. The molecule has 3 aliphatic heterocycles. The Kier molecular flexibility index (Phi) is 25.3. The Balaban J connectivity index is 1.57. The summed E-state index contributed by atoms with van der Waals surface area (Å²) in [6, 6.07) is 0. The van der Waals surface area contributed by atoms with E-state index in [-0.39, 0.29) is 81.5 Å². The molecule has 0 atom stereocenters. The van der Waals surface area contributed by atoms with Gasteiger partial charge in [-0.05, 0) is 38.5 Å². The largest absolute Gasteiger partial charge is 0.378 e. The first-order valence-electron chi connectivity index (χ1n) is 24.6. The van der Waals surface area contributed by atoms with E-state index in [9.17, 15) is 24.0 Å². The summed E-state index contributed by atoms with van der Waals surface area (Å²) in [4.78, 5) is 91.5. The van der Waals surface area contributed by atoms with Gasteiger partial charge in [-0.25, -0.2) is 0 Å². The molecule has 3 saturated heterocycles. The molecule has 20 nitrogen and oxygen atoms in total. The molecule has 4 amide bonds. The van der Waals surface area contributed by atoms with Crippen molar-refractivity contribution < 1.29 is 33.4 Å². The van der Waals surface area contributed by atoms with Crippen molar-refractivity contribution in [1.29, 1.82) is 0 Å². The third-order valence-corrected chi connectivity index (χ3v) is 12.2. The average molecular weight is 946 g/mol. The number of ether oxygens (including phenoxy) is 2. The molecule has 0 aromatic rings. The fourth-order valence-electron chi connectivity index (χ4n) is 7.90. The summed E-state index contributed by atoms with van der Waals surface area (Å²) in [6.07, 6.45) is 5.05. The predicted octanol–water partition coefficient (Wildman–Crippen LogP) is 1.22. The van der Waals surface area contributed by atoms with Crippen molar-refractivity contribution in [3.63, 3.8) is 0 Å². The minimum absolute atomic E-state index is 0.0453. The molecule has 0 bridgehead atoms. The molecule has 0 unspecified atom stereocenters. The highest BCUT2D eigenvalue weighted by molar-refractivity contribution is 5.85. The lowest BCUT2D eigenvalue weighted by molar-refractivity contribution is -0.129. The summed E-state index contributed by atoms with van der Waals surface area (Å²) < 4.78 is 12.3. The number of ketones is 1. The molecular weight excluding hydrogens is 859 g/mol. The molecule has 3 fully saturated rings. The van der Waals surface area contributed by atoms with E-state index in [1.807, 2.05) is 63.1 Å². The van der Waals surface area contributed by atoms with Crippen molar-refractivity contribution in [1.82, 2.24) is 50.7 Å². The summed E-state index contributed by atoms with van der Waals surface area (Å²) in [6.45, 7) is 14.9. The van der Waals surface area contributed by atoms with E-state index >= 15 is 0 Å². The number of unbranched alkanes of at least 4 members (excludes halogenated alkanes) is 1. The first kappa shape index (κ1) is 56.6. The molecule has 20 heteroatoms. The lowest BCUT2D eigenvalue weighted by atomic mass is 9.88. The van der Waals surface area contributed by atoms with Gasteiger partial charge in [0.1, 0.15) is 5.78 Å². The van der Waals surface area contributed by atoms with E-state index in [2.05, 4.69) is 65.6 Å². The molecule has 67 heavy (non-hydrogen) atoms.